The molecule has 0 saturated heterocycles. The molecule has 5 nitrogen and oxygen atoms in total. The lowest BCUT2D eigenvalue weighted by Gasteiger charge is -2.08. The predicted octanol–water partition coefficient (Wildman–Crippen LogP) is 1.78. The highest BCUT2D eigenvalue weighted by atomic mass is 19.1. The molecule has 3 N–H and O–H groups in total. The average Bonchev–Trinajstić information content (AvgIpc) is 2.38. The van der Waals surface area contributed by atoms with Gasteiger partial charge in [0.2, 0.25) is 5.91 Å². The molecule has 0 spiro atoms. The molecule has 0 aliphatic rings. The summed E-state index contributed by atoms with van der Waals surface area (Å²) >= 11 is 0. The normalized spacial score (nSPS) is 9.84. The first-order valence-electron chi connectivity index (χ1n) is 6.10. The number of anilines is 1. The summed E-state index contributed by atoms with van der Waals surface area (Å²) < 4.78 is 13.2. The van der Waals surface area contributed by atoms with Gasteiger partial charge in [-0.1, -0.05) is 13.0 Å². The third-order valence-corrected chi connectivity index (χ3v) is 2.41. The Morgan fingerprint density at radius 2 is 2.00 bits per heavy atom. The first-order valence-corrected chi connectivity index (χ1v) is 6.10. The maximum absolute atomic E-state index is 13.2. The first kappa shape index (κ1) is 14.9. The van der Waals surface area contributed by atoms with Gasteiger partial charge < -0.3 is 16.0 Å². The quantitative estimate of drug-likeness (QED) is 0.761. The van der Waals surface area contributed by atoms with Crippen LogP contribution in [-0.2, 0) is 4.79 Å². The van der Waals surface area contributed by atoms with Gasteiger partial charge in [-0.25, -0.2) is 9.18 Å². The molecule has 0 fully saturated rings. The minimum atomic E-state index is -0.546. The van der Waals surface area contributed by atoms with Crippen molar-refractivity contribution in [2.45, 2.75) is 20.3 Å². The van der Waals surface area contributed by atoms with Gasteiger partial charge in [0.05, 0.1) is 6.54 Å². The molecule has 0 aliphatic heterocycles. The van der Waals surface area contributed by atoms with Gasteiger partial charge in [-0.3, -0.25) is 4.79 Å². The number of carbonyl (C=O) groups is 2. The molecule has 3 amide bonds. The van der Waals surface area contributed by atoms with Gasteiger partial charge in [0.15, 0.2) is 0 Å². The minimum absolute atomic E-state index is 0.111. The van der Waals surface area contributed by atoms with Crippen molar-refractivity contribution in [1.29, 1.82) is 0 Å². The molecule has 19 heavy (non-hydrogen) atoms. The fraction of sp³-hybridized carbons (Fsp3) is 0.385. The fourth-order valence-electron chi connectivity index (χ4n) is 1.33. The van der Waals surface area contributed by atoms with E-state index in [-0.39, 0.29) is 12.5 Å². The summed E-state index contributed by atoms with van der Waals surface area (Å²) in [4.78, 5) is 22.7. The van der Waals surface area contributed by atoms with Crippen molar-refractivity contribution in [3.8, 4) is 0 Å². The Morgan fingerprint density at radius 1 is 1.26 bits per heavy atom. The summed E-state index contributed by atoms with van der Waals surface area (Å²) in [5, 5.41) is 7.47. The van der Waals surface area contributed by atoms with E-state index < -0.39 is 11.8 Å². The molecule has 0 unspecified atom stereocenters. The van der Waals surface area contributed by atoms with Crippen LogP contribution in [0, 0.1) is 12.7 Å². The second-order valence-electron chi connectivity index (χ2n) is 4.12. The number of amides is 3. The Balaban J connectivity index is 2.38. The maximum Gasteiger partial charge on any atom is 0.319 e. The molecule has 0 radical (unpaired) electrons. The summed E-state index contributed by atoms with van der Waals surface area (Å²) in [6, 6.07) is 3.84. The molecular formula is C13H18FN3O2. The predicted molar refractivity (Wildman–Crippen MR) is 71.5 cm³/mol. The third kappa shape index (κ3) is 5.37. The lowest BCUT2D eigenvalue weighted by molar-refractivity contribution is -0.120. The Bertz CT molecular complexity index is 463. The number of nitrogens with one attached hydrogen (secondary N) is 3. The van der Waals surface area contributed by atoms with Crippen LogP contribution in [-0.4, -0.2) is 25.0 Å². The monoisotopic (exact) mass is 267 g/mol. The van der Waals surface area contributed by atoms with Gasteiger partial charge in [-0.2, -0.15) is 0 Å². The zero-order chi connectivity index (χ0) is 14.3. The van der Waals surface area contributed by atoms with E-state index >= 15 is 0 Å². The summed E-state index contributed by atoms with van der Waals surface area (Å²) in [5.41, 5.74) is 0.847. The number of halogens is 1. The summed E-state index contributed by atoms with van der Waals surface area (Å²) in [6.45, 7) is 4.04. The van der Waals surface area contributed by atoms with Gasteiger partial charge in [0.1, 0.15) is 5.82 Å². The van der Waals surface area contributed by atoms with Gasteiger partial charge in [-0.15, -0.1) is 0 Å². The van der Waals surface area contributed by atoms with E-state index in [4.69, 9.17) is 0 Å². The SMILES string of the molecule is CCCNC(=O)CNC(=O)Nc1ccc(C)c(F)c1. The Labute approximate surface area is 111 Å². The number of hydrogen-bond donors (Lipinski definition) is 3. The van der Waals surface area contributed by atoms with Gasteiger partial charge in [0.25, 0.3) is 0 Å². The van der Waals surface area contributed by atoms with Crippen LogP contribution in [0.2, 0.25) is 0 Å². The molecule has 0 aromatic heterocycles. The molecule has 1 aromatic rings. The molecule has 1 aromatic carbocycles. The van der Waals surface area contributed by atoms with Crippen molar-refractivity contribution in [2.75, 3.05) is 18.4 Å². The molecule has 6 heteroatoms. The van der Waals surface area contributed by atoms with E-state index in [2.05, 4.69) is 16.0 Å². The highest BCUT2D eigenvalue weighted by Gasteiger charge is 2.06. The van der Waals surface area contributed by atoms with Crippen molar-refractivity contribution in [1.82, 2.24) is 10.6 Å². The smallest absolute Gasteiger partial charge is 0.319 e. The van der Waals surface area contributed by atoms with E-state index in [0.29, 0.717) is 17.8 Å². The van der Waals surface area contributed by atoms with Crippen molar-refractivity contribution >= 4 is 17.6 Å². The van der Waals surface area contributed by atoms with E-state index in [1.807, 2.05) is 6.92 Å². The zero-order valence-corrected chi connectivity index (χ0v) is 11.0. The fourth-order valence-corrected chi connectivity index (χ4v) is 1.33. The molecule has 0 bridgehead atoms. The third-order valence-electron chi connectivity index (χ3n) is 2.41. The highest BCUT2D eigenvalue weighted by molar-refractivity contribution is 5.92. The van der Waals surface area contributed by atoms with Crippen LogP contribution >= 0.6 is 0 Å². The minimum Gasteiger partial charge on any atom is -0.355 e. The largest absolute Gasteiger partial charge is 0.355 e. The number of urea groups is 1. The van der Waals surface area contributed by atoms with Gasteiger partial charge >= 0.3 is 6.03 Å². The Hall–Kier alpha value is -2.11. The average molecular weight is 267 g/mol. The topological polar surface area (TPSA) is 70.2 Å². The van der Waals surface area contributed by atoms with Crippen LogP contribution in [0.5, 0.6) is 0 Å². The van der Waals surface area contributed by atoms with Crippen LogP contribution in [0.15, 0.2) is 18.2 Å². The molecule has 0 aliphatic carbocycles. The number of rotatable bonds is 5. The summed E-state index contributed by atoms with van der Waals surface area (Å²) in [5.74, 6) is -0.648. The summed E-state index contributed by atoms with van der Waals surface area (Å²) in [7, 11) is 0. The Kier molecular flexibility index (Phi) is 5.78. The van der Waals surface area contributed by atoms with Crippen LogP contribution < -0.4 is 16.0 Å². The molecule has 0 atom stereocenters. The van der Waals surface area contributed by atoms with Crippen molar-refractivity contribution < 1.29 is 14.0 Å². The number of benzene rings is 1. The molecular weight excluding hydrogens is 249 g/mol. The first-order chi connectivity index (χ1) is 9.02. The number of aryl methyl sites for hydroxylation is 1. The van der Waals surface area contributed by atoms with E-state index in [1.54, 1.807) is 19.1 Å². The number of hydrogen-bond acceptors (Lipinski definition) is 2. The van der Waals surface area contributed by atoms with E-state index in [9.17, 15) is 14.0 Å². The molecule has 104 valence electrons. The van der Waals surface area contributed by atoms with E-state index in [1.165, 1.54) is 6.07 Å². The molecule has 0 saturated carbocycles. The lowest BCUT2D eigenvalue weighted by Crippen LogP contribution is -2.39. The zero-order valence-electron chi connectivity index (χ0n) is 11.0. The van der Waals surface area contributed by atoms with Crippen LogP contribution in [0.3, 0.4) is 0 Å². The highest BCUT2D eigenvalue weighted by Crippen LogP contribution is 2.13. The maximum atomic E-state index is 13.2. The second-order valence-corrected chi connectivity index (χ2v) is 4.12. The Morgan fingerprint density at radius 3 is 2.63 bits per heavy atom. The standard InChI is InChI=1S/C13H18FN3O2/c1-3-6-15-12(18)8-16-13(19)17-10-5-4-9(2)11(14)7-10/h4-5,7H,3,6,8H2,1-2H3,(H,15,18)(H2,16,17,19). The van der Waals surface area contributed by atoms with Crippen molar-refractivity contribution in [2.24, 2.45) is 0 Å². The second kappa shape index (κ2) is 7.35. The van der Waals surface area contributed by atoms with Crippen molar-refractivity contribution in [3.05, 3.63) is 29.6 Å². The molecule has 0 heterocycles. The van der Waals surface area contributed by atoms with Crippen LogP contribution in [0.1, 0.15) is 18.9 Å². The van der Waals surface area contributed by atoms with E-state index in [0.717, 1.165) is 6.42 Å². The lowest BCUT2D eigenvalue weighted by atomic mass is 10.2. The number of carbonyl (C=O) groups excluding carboxylic acids is 2. The van der Waals surface area contributed by atoms with Crippen molar-refractivity contribution in [3.63, 3.8) is 0 Å². The van der Waals surface area contributed by atoms with Gasteiger partial charge in [0, 0.05) is 12.2 Å². The van der Waals surface area contributed by atoms with Gasteiger partial charge in [-0.05, 0) is 31.0 Å². The summed E-state index contributed by atoms with van der Waals surface area (Å²) in [6.07, 6.45) is 0.834. The van der Waals surface area contributed by atoms with Crippen LogP contribution in [0.4, 0.5) is 14.9 Å². The molecule has 1 rings (SSSR count). The van der Waals surface area contributed by atoms with Crippen LogP contribution in [0.25, 0.3) is 0 Å².